The van der Waals surface area contributed by atoms with Crippen molar-refractivity contribution in [2.24, 2.45) is 0 Å². The zero-order valence-electron chi connectivity index (χ0n) is 15.8. The van der Waals surface area contributed by atoms with Crippen molar-refractivity contribution in [3.05, 3.63) is 54.0 Å². The Bertz CT molecular complexity index is 967. The van der Waals surface area contributed by atoms with E-state index in [4.69, 9.17) is 4.52 Å². The van der Waals surface area contributed by atoms with E-state index in [0.717, 1.165) is 56.0 Å². The summed E-state index contributed by atoms with van der Waals surface area (Å²) in [5, 5.41) is 5.21. The third-order valence-corrected chi connectivity index (χ3v) is 7.02. The van der Waals surface area contributed by atoms with Crippen molar-refractivity contribution in [2.75, 3.05) is 37.0 Å². The van der Waals surface area contributed by atoms with Crippen LogP contribution in [0.5, 0.6) is 0 Å². The summed E-state index contributed by atoms with van der Waals surface area (Å²) in [4.78, 5) is 6.46. The lowest BCUT2D eigenvalue weighted by Gasteiger charge is -2.31. The van der Waals surface area contributed by atoms with Gasteiger partial charge in [-0.3, -0.25) is 0 Å². The molecular weight excluding hydrogens is 373 g/mol. The number of para-hydroxylation sites is 1. The molecule has 4 nitrogen and oxygen atoms in total. The van der Waals surface area contributed by atoms with Crippen LogP contribution >= 0.6 is 11.8 Å². The van der Waals surface area contributed by atoms with Crippen molar-refractivity contribution in [1.29, 1.82) is 0 Å². The number of nitrogens with zero attached hydrogens (tertiary/aromatic N) is 3. The molecule has 0 amide bonds. The fourth-order valence-electron chi connectivity index (χ4n) is 4.38. The molecule has 0 saturated carbocycles. The lowest BCUT2D eigenvalue weighted by atomic mass is 9.91. The average molecular weight is 398 g/mol. The van der Waals surface area contributed by atoms with Crippen molar-refractivity contribution in [2.45, 2.75) is 30.1 Å². The smallest absolute Gasteiger partial charge is 0.170 e. The molecule has 3 heterocycles. The predicted octanol–water partition coefficient (Wildman–Crippen LogP) is 5.11. The molecule has 0 N–H and O–H groups in total. The zero-order chi connectivity index (χ0) is 18.9. The number of benzene rings is 2. The highest BCUT2D eigenvalue weighted by atomic mass is 32.2. The predicted molar refractivity (Wildman–Crippen MR) is 112 cm³/mol. The van der Waals surface area contributed by atoms with E-state index >= 15 is 0 Å². The second-order valence-electron chi connectivity index (χ2n) is 7.68. The molecule has 6 heteroatoms. The van der Waals surface area contributed by atoms with E-state index in [1.165, 1.54) is 29.1 Å². The highest BCUT2D eigenvalue weighted by Crippen LogP contribution is 2.38. The van der Waals surface area contributed by atoms with Crippen LogP contribution in [0.3, 0.4) is 0 Å². The van der Waals surface area contributed by atoms with E-state index < -0.39 is 0 Å². The number of anilines is 1. The molecule has 2 aromatic carbocycles. The van der Waals surface area contributed by atoms with Crippen LogP contribution in [-0.4, -0.2) is 42.1 Å². The second kappa shape index (κ2) is 7.76. The summed E-state index contributed by atoms with van der Waals surface area (Å²) >= 11 is 1.94. The molecule has 0 atom stereocenters. The number of halogens is 1. The van der Waals surface area contributed by atoms with Crippen molar-refractivity contribution in [1.82, 2.24) is 10.1 Å². The van der Waals surface area contributed by atoms with Crippen LogP contribution in [0, 0.1) is 5.82 Å². The third-order valence-electron chi connectivity index (χ3n) is 5.92. The van der Waals surface area contributed by atoms with E-state index in [0.29, 0.717) is 11.5 Å². The number of likely N-dealkylation sites (tertiary alicyclic amines) is 1. The summed E-state index contributed by atoms with van der Waals surface area (Å²) in [6, 6.07) is 13.4. The Morgan fingerprint density at radius 1 is 1.11 bits per heavy atom. The van der Waals surface area contributed by atoms with E-state index in [9.17, 15) is 4.39 Å². The first-order valence-electron chi connectivity index (χ1n) is 10.0. The Labute approximate surface area is 168 Å². The highest BCUT2D eigenvalue weighted by molar-refractivity contribution is 7.99. The summed E-state index contributed by atoms with van der Waals surface area (Å²) in [5.41, 5.74) is 2.95. The minimum atomic E-state index is -0.274. The van der Waals surface area contributed by atoms with E-state index in [2.05, 4.69) is 39.2 Å². The molecule has 2 aliphatic rings. The van der Waals surface area contributed by atoms with Crippen molar-refractivity contribution < 1.29 is 8.91 Å². The number of fused-ring (bicyclic) bond motifs is 2. The molecule has 5 rings (SSSR count). The molecule has 0 aliphatic carbocycles. The zero-order valence-corrected chi connectivity index (χ0v) is 16.6. The second-order valence-corrected chi connectivity index (χ2v) is 8.67. The number of thioether (sulfide) groups is 1. The standard InChI is InChI=1S/C22H24FN3OS/c23-17-6-7-18-20(14-17)27-24-22(18)16-8-12-25(13-9-16)10-3-11-26-15-28-21-5-2-1-4-19(21)26/h1-2,4-7,14,16H,3,8-13,15H2. The van der Waals surface area contributed by atoms with Gasteiger partial charge < -0.3 is 14.3 Å². The SMILES string of the molecule is Fc1ccc2c(C3CCN(CCCN4CSc5ccccc54)CC3)noc2c1. The van der Waals surface area contributed by atoms with Crippen LogP contribution in [0.4, 0.5) is 10.1 Å². The molecule has 1 fully saturated rings. The van der Waals surface area contributed by atoms with Crippen LogP contribution in [0.2, 0.25) is 0 Å². The normalized spacial score (nSPS) is 18.1. The maximum atomic E-state index is 13.4. The summed E-state index contributed by atoms with van der Waals surface area (Å²) in [5.74, 6) is 1.20. The van der Waals surface area contributed by atoms with Crippen LogP contribution in [0.15, 0.2) is 51.9 Å². The Kier molecular flexibility index (Phi) is 4.99. The number of hydrogen-bond donors (Lipinski definition) is 0. The highest BCUT2D eigenvalue weighted by Gasteiger charge is 2.25. The van der Waals surface area contributed by atoms with E-state index in [1.54, 1.807) is 6.07 Å². The summed E-state index contributed by atoms with van der Waals surface area (Å²) in [6.07, 6.45) is 3.36. The molecular formula is C22H24FN3OS. The minimum Gasteiger partial charge on any atom is -0.361 e. The topological polar surface area (TPSA) is 32.5 Å². The number of aromatic nitrogens is 1. The Morgan fingerprint density at radius 3 is 2.86 bits per heavy atom. The van der Waals surface area contributed by atoms with Gasteiger partial charge in [0.05, 0.1) is 17.3 Å². The molecule has 0 unspecified atom stereocenters. The number of rotatable bonds is 5. The van der Waals surface area contributed by atoms with Crippen LogP contribution in [0.25, 0.3) is 11.0 Å². The molecule has 1 aromatic heterocycles. The van der Waals surface area contributed by atoms with Crippen LogP contribution < -0.4 is 4.90 Å². The first-order chi connectivity index (χ1) is 13.8. The van der Waals surface area contributed by atoms with Gasteiger partial charge in [0.2, 0.25) is 0 Å². The molecule has 0 radical (unpaired) electrons. The average Bonchev–Trinajstić information content (AvgIpc) is 3.33. The van der Waals surface area contributed by atoms with E-state index in [1.807, 2.05) is 11.8 Å². The fourth-order valence-corrected chi connectivity index (χ4v) is 5.47. The Morgan fingerprint density at radius 2 is 1.96 bits per heavy atom. The largest absolute Gasteiger partial charge is 0.361 e. The molecule has 28 heavy (non-hydrogen) atoms. The molecule has 1 saturated heterocycles. The van der Waals surface area contributed by atoms with Crippen molar-refractivity contribution in [3.63, 3.8) is 0 Å². The van der Waals surface area contributed by atoms with Gasteiger partial charge in [-0.15, -0.1) is 11.8 Å². The monoisotopic (exact) mass is 397 g/mol. The summed E-state index contributed by atoms with van der Waals surface area (Å²) < 4.78 is 18.7. The quantitative estimate of drug-likeness (QED) is 0.598. The van der Waals surface area contributed by atoms with Crippen molar-refractivity contribution >= 4 is 28.4 Å². The lowest BCUT2D eigenvalue weighted by molar-refractivity contribution is 0.208. The van der Waals surface area contributed by atoms with Gasteiger partial charge >= 0.3 is 0 Å². The van der Waals surface area contributed by atoms with Gasteiger partial charge in [0, 0.05) is 28.8 Å². The summed E-state index contributed by atoms with van der Waals surface area (Å²) in [6.45, 7) is 4.43. The van der Waals surface area contributed by atoms with Crippen LogP contribution in [0.1, 0.15) is 30.9 Å². The van der Waals surface area contributed by atoms with Crippen molar-refractivity contribution in [3.8, 4) is 0 Å². The van der Waals surface area contributed by atoms with Crippen LogP contribution in [-0.2, 0) is 0 Å². The van der Waals surface area contributed by atoms with Gasteiger partial charge in [0.15, 0.2) is 5.58 Å². The maximum Gasteiger partial charge on any atom is 0.170 e. The maximum absolute atomic E-state index is 13.4. The van der Waals surface area contributed by atoms with Gasteiger partial charge in [0.1, 0.15) is 5.82 Å². The minimum absolute atomic E-state index is 0.274. The van der Waals surface area contributed by atoms with E-state index in [-0.39, 0.29) is 5.82 Å². The first kappa shape index (κ1) is 18.0. The molecule has 0 spiro atoms. The first-order valence-corrected chi connectivity index (χ1v) is 11.0. The lowest BCUT2D eigenvalue weighted by Crippen LogP contribution is -2.35. The number of piperidine rings is 1. The number of hydrogen-bond acceptors (Lipinski definition) is 5. The Hall–Kier alpha value is -2.05. The summed E-state index contributed by atoms with van der Waals surface area (Å²) in [7, 11) is 0. The third kappa shape index (κ3) is 3.51. The van der Waals surface area contributed by atoms with Gasteiger partial charge in [-0.2, -0.15) is 0 Å². The van der Waals surface area contributed by atoms with Gasteiger partial charge in [-0.1, -0.05) is 17.3 Å². The Balaban J connectivity index is 1.13. The van der Waals surface area contributed by atoms with Gasteiger partial charge in [0.25, 0.3) is 0 Å². The molecule has 3 aromatic rings. The molecule has 2 aliphatic heterocycles. The van der Waals surface area contributed by atoms with Gasteiger partial charge in [-0.25, -0.2) is 4.39 Å². The molecule has 146 valence electrons. The molecule has 0 bridgehead atoms. The fraction of sp³-hybridized carbons (Fsp3) is 0.409. The van der Waals surface area contributed by atoms with Gasteiger partial charge in [-0.05, 0) is 63.2 Å².